The van der Waals surface area contributed by atoms with Crippen molar-refractivity contribution in [3.8, 4) is 17.0 Å². The summed E-state index contributed by atoms with van der Waals surface area (Å²) in [6.07, 6.45) is 5.50. The van der Waals surface area contributed by atoms with Crippen LogP contribution in [0.15, 0.2) is 60.9 Å². The van der Waals surface area contributed by atoms with Crippen LogP contribution in [0.5, 0.6) is 5.75 Å². The molecule has 1 atom stereocenters. The highest BCUT2D eigenvalue weighted by molar-refractivity contribution is 5.81. The lowest BCUT2D eigenvalue weighted by Crippen LogP contribution is -2.43. The fourth-order valence-electron chi connectivity index (χ4n) is 4.97. The molecule has 2 aromatic carbocycles. The summed E-state index contributed by atoms with van der Waals surface area (Å²) in [5.74, 6) is 1.73. The van der Waals surface area contributed by atoms with Crippen LogP contribution in [0.4, 0.5) is 5.82 Å². The molecule has 0 aliphatic carbocycles. The molecule has 0 radical (unpaired) electrons. The first-order chi connectivity index (χ1) is 17.5. The summed E-state index contributed by atoms with van der Waals surface area (Å²) in [4.78, 5) is 20.0. The number of rotatable bonds is 7. The molecule has 7 heteroatoms. The van der Waals surface area contributed by atoms with Crippen molar-refractivity contribution in [1.82, 2.24) is 19.9 Å². The molecular weight excluding hydrogens is 450 g/mol. The molecule has 1 saturated heterocycles. The van der Waals surface area contributed by atoms with Crippen molar-refractivity contribution in [2.75, 3.05) is 24.6 Å². The Morgan fingerprint density at radius 3 is 2.75 bits per heavy atom. The van der Waals surface area contributed by atoms with Gasteiger partial charge < -0.3 is 15.0 Å². The van der Waals surface area contributed by atoms with Crippen LogP contribution in [-0.4, -0.2) is 40.2 Å². The smallest absolute Gasteiger partial charge is 0.225 e. The first kappa shape index (κ1) is 23.9. The molecule has 0 bridgehead atoms. The molecule has 5 rings (SSSR count). The van der Waals surface area contributed by atoms with E-state index in [1.54, 1.807) is 6.20 Å². The summed E-state index contributed by atoms with van der Waals surface area (Å²) in [7, 11) is 0. The van der Waals surface area contributed by atoms with Gasteiger partial charge in [0.05, 0.1) is 18.2 Å². The van der Waals surface area contributed by atoms with Crippen LogP contribution in [0.2, 0.25) is 0 Å². The Morgan fingerprint density at radius 1 is 1.14 bits per heavy atom. The number of anilines is 1. The van der Waals surface area contributed by atoms with Crippen LogP contribution in [0.1, 0.15) is 36.5 Å². The van der Waals surface area contributed by atoms with E-state index in [0.717, 1.165) is 53.3 Å². The van der Waals surface area contributed by atoms with Crippen LogP contribution in [0.3, 0.4) is 0 Å². The summed E-state index contributed by atoms with van der Waals surface area (Å²) in [5.41, 5.74) is 6.52. The van der Waals surface area contributed by atoms with Crippen LogP contribution in [0.25, 0.3) is 16.8 Å². The fourth-order valence-corrected chi connectivity index (χ4v) is 4.97. The number of benzene rings is 2. The molecule has 2 aromatic heterocycles. The molecule has 0 saturated carbocycles. The number of piperidine rings is 1. The van der Waals surface area contributed by atoms with Gasteiger partial charge in [0.1, 0.15) is 11.3 Å². The number of carbonyl (C=O) groups is 1. The molecule has 1 fully saturated rings. The molecule has 7 nitrogen and oxygen atoms in total. The largest absolute Gasteiger partial charge is 0.494 e. The normalized spacial score (nSPS) is 15.8. The van der Waals surface area contributed by atoms with Crippen LogP contribution >= 0.6 is 0 Å². The van der Waals surface area contributed by atoms with Crippen molar-refractivity contribution in [3.05, 3.63) is 77.6 Å². The molecule has 1 amide bonds. The number of fused-ring (bicyclic) bond motifs is 1. The number of hydrogen-bond acceptors (Lipinski definition) is 5. The number of nitrogens with one attached hydrogen (secondary N) is 1. The van der Waals surface area contributed by atoms with Gasteiger partial charge in [0.15, 0.2) is 5.82 Å². The number of aryl methyl sites for hydroxylation is 2. The van der Waals surface area contributed by atoms with Crippen LogP contribution in [-0.2, 0) is 11.3 Å². The number of hydrogen-bond donors (Lipinski definition) is 1. The van der Waals surface area contributed by atoms with E-state index in [1.807, 2.05) is 41.9 Å². The monoisotopic (exact) mass is 483 g/mol. The zero-order chi connectivity index (χ0) is 25.1. The van der Waals surface area contributed by atoms with E-state index >= 15 is 0 Å². The van der Waals surface area contributed by atoms with E-state index in [0.29, 0.717) is 19.7 Å². The first-order valence-electron chi connectivity index (χ1n) is 12.7. The molecule has 0 unspecified atom stereocenters. The number of ether oxygens (including phenoxy) is 1. The van der Waals surface area contributed by atoms with Crippen LogP contribution < -0.4 is 15.0 Å². The van der Waals surface area contributed by atoms with Gasteiger partial charge in [-0.2, -0.15) is 5.10 Å². The van der Waals surface area contributed by atoms with E-state index in [9.17, 15) is 4.79 Å². The molecule has 1 aliphatic heterocycles. The zero-order valence-corrected chi connectivity index (χ0v) is 21.2. The second-order valence-electron chi connectivity index (χ2n) is 9.51. The highest BCUT2D eigenvalue weighted by atomic mass is 16.5. The van der Waals surface area contributed by atoms with Gasteiger partial charge in [-0.25, -0.2) is 9.50 Å². The van der Waals surface area contributed by atoms with E-state index in [1.165, 1.54) is 11.1 Å². The Bertz CT molecular complexity index is 1360. The van der Waals surface area contributed by atoms with Gasteiger partial charge in [-0.3, -0.25) is 4.79 Å². The standard InChI is InChI=1S/C29H33N5O2/c1-4-36-24-10-8-22(9-11-24)18-31-29(35)23-6-5-14-33(19-23)28-27-17-26(32-34(27)15-13-30-28)25-12-7-20(2)16-21(25)3/h7-13,15-17,23H,4-6,14,18-19H2,1-3H3,(H,31,35)/t23-/m0/s1. The van der Waals surface area contributed by atoms with Gasteiger partial charge in [0.2, 0.25) is 5.91 Å². The van der Waals surface area contributed by atoms with Gasteiger partial charge in [-0.1, -0.05) is 35.9 Å². The second kappa shape index (κ2) is 10.4. The summed E-state index contributed by atoms with van der Waals surface area (Å²) < 4.78 is 7.39. The molecule has 1 N–H and O–H groups in total. The van der Waals surface area contributed by atoms with Crippen molar-refractivity contribution in [2.45, 2.75) is 40.2 Å². The maximum Gasteiger partial charge on any atom is 0.225 e. The fraction of sp³-hybridized carbons (Fsp3) is 0.345. The van der Waals surface area contributed by atoms with Gasteiger partial charge in [0.25, 0.3) is 0 Å². The number of carbonyl (C=O) groups excluding carboxylic acids is 1. The predicted molar refractivity (Wildman–Crippen MR) is 142 cm³/mol. The Labute approximate surface area is 212 Å². The Morgan fingerprint density at radius 2 is 1.97 bits per heavy atom. The summed E-state index contributed by atoms with van der Waals surface area (Å²) in [5, 5.41) is 7.95. The lowest BCUT2D eigenvalue weighted by Gasteiger charge is -2.33. The lowest BCUT2D eigenvalue weighted by atomic mass is 9.97. The maximum atomic E-state index is 13.0. The SMILES string of the molecule is CCOc1ccc(CNC(=O)[C@H]2CCCN(c3nccn4nc(-c5ccc(C)cc5C)cc34)C2)cc1. The third-order valence-corrected chi connectivity index (χ3v) is 6.82. The van der Waals surface area contributed by atoms with Crippen LogP contribution in [0, 0.1) is 19.8 Å². The Hall–Kier alpha value is -3.87. The molecule has 1 aliphatic rings. The Kier molecular flexibility index (Phi) is 6.89. The first-order valence-corrected chi connectivity index (χ1v) is 12.7. The van der Waals surface area contributed by atoms with Gasteiger partial charge in [0, 0.05) is 37.6 Å². The predicted octanol–water partition coefficient (Wildman–Crippen LogP) is 4.94. The third-order valence-electron chi connectivity index (χ3n) is 6.82. The number of aromatic nitrogens is 3. The molecule has 186 valence electrons. The summed E-state index contributed by atoms with van der Waals surface area (Å²) in [6, 6.07) is 16.4. The van der Waals surface area contributed by atoms with Gasteiger partial charge >= 0.3 is 0 Å². The second-order valence-corrected chi connectivity index (χ2v) is 9.51. The molecule has 3 heterocycles. The van der Waals surface area contributed by atoms with Crippen molar-refractivity contribution < 1.29 is 9.53 Å². The number of amides is 1. The minimum absolute atomic E-state index is 0.0785. The highest BCUT2D eigenvalue weighted by Gasteiger charge is 2.28. The van der Waals surface area contributed by atoms with E-state index < -0.39 is 0 Å². The van der Waals surface area contributed by atoms with E-state index in [-0.39, 0.29) is 11.8 Å². The molecule has 0 spiro atoms. The van der Waals surface area contributed by atoms with Crippen molar-refractivity contribution in [1.29, 1.82) is 0 Å². The highest BCUT2D eigenvalue weighted by Crippen LogP contribution is 2.30. The van der Waals surface area contributed by atoms with Crippen molar-refractivity contribution in [2.24, 2.45) is 5.92 Å². The van der Waals surface area contributed by atoms with Crippen molar-refractivity contribution in [3.63, 3.8) is 0 Å². The molecular formula is C29H33N5O2. The van der Waals surface area contributed by atoms with E-state index in [2.05, 4.69) is 48.3 Å². The molecule has 4 aromatic rings. The Balaban J connectivity index is 1.29. The molecule has 36 heavy (non-hydrogen) atoms. The minimum atomic E-state index is -0.0785. The minimum Gasteiger partial charge on any atom is -0.494 e. The average Bonchev–Trinajstić information content (AvgIpc) is 3.32. The summed E-state index contributed by atoms with van der Waals surface area (Å²) in [6.45, 7) is 8.86. The van der Waals surface area contributed by atoms with Gasteiger partial charge in [-0.05, 0) is 62.9 Å². The average molecular weight is 484 g/mol. The lowest BCUT2D eigenvalue weighted by molar-refractivity contribution is -0.125. The maximum absolute atomic E-state index is 13.0. The van der Waals surface area contributed by atoms with Crippen molar-refractivity contribution >= 4 is 17.2 Å². The topological polar surface area (TPSA) is 71.8 Å². The quantitative estimate of drug-likeness (QED) is 0.403. The zero-order valence-electron chi connectivity index (χ0n) is 21.2. The summed E-state index contributed by atoms with van der Waals surface area (Å²) >= 11 is 0. The van der Waals surface area contributed by atoms with E-state index in [4.69, 9.17) is 14.8 Å². The number of nitrogens with zero attached hydrogens (tertiary/aromatic N) is 4. The van der Waals surface area contributed by atoms with Gasteiger partial charge in [-0.15, -0.1) is 0 Å². The third kappa shape index (κ3) is 5.05.